The molecular formula is C12H21N3. The van der Waals surface area contributed by atoms with Crippen LogP contribution in [0.3, 0.4) is 0 Å². The molecule has 0 atom stereocenters. The van der Waals surface area contributed by atoms with Gasteiger partial charge < -0.3 is 10.2 Å². The predicted octanol–water partition coefficient (Wildman–Crippen LogP) is 1.91. The zero-order chi connectivity index (χ0) is 11.1. The third kappa shape index (κ3) is 4.30. The first-order valence-electron chi connectivity index (χ1n) is 5.63. The van der Waals surface area contributed by atoms with Crippen molar-refractivity contribution in [3.05, 3.63) is 24.4 Å². The van der Waals surface area contributed by atoms with Crippen LogP contribution in [0, 0.1) is 0 Å². The zero-order valence-electron chi connectivity index (χ0n) is 9.90. The fourth-order valence-corrected chi connectivity index (χ4v) is 1.46. The Kier molecular flexibility index (Phi) is 5.12. The van der Waals surface area contributed by atoms with Crippen molar-refractivity contribution in [1.82, 2.24) is 10.3 Å². The highest BCUT2D eigenvalue weighted by molar-refractivity contribution is 5.37. The maximum atomic E-state index is 4.35. The van der Waals surface area contributed by atoms with Gasteiger partial charge in [0, 0.05) is 31.9 Å². The summed E-state index contributed by atoms with van der Waals surface area (Å²) >= 11 is 0. The van der Waals surface area contributed by atoms with E-state index in [0.29, 0.717) is 6.04 Å². The molecule has 1 aromatic rings. The van der Waals surface area contributed by atoms with E-state index in [1.165, 1.54) is 0 Å². The van der Waals surface area contributed by atoms with E-state index in [1.807, 2.05) is 18.3 Å². The number of hydrogen-bond acceptors (Lipinski definition) is 3. The topological polar surface area (TPSA) is 28.2 Å². The summed E-state index contributed by atoms with van der Waals surface area (Å²) in [6.07, 6.45) is 1.84. The van der Waals surface area contributed by atoms with E-state index in [9.17, 15) is 0 Å². The minimum absolute atomic E-state index is 0.549. The van der Waals surface area contributed by atoms with E-state index in [4.69, 9.17) is 0 Å². The van der Waals surface area contributed by atoms with Crippen LogP contribution in [-0.2, 0) is 0 Å². The number of likely N-dealkylation sites (N-methyl/N-ethyl adjacent to an activating group) is 1. The van der Waals surface area contributed by atoms with Gasteiger partial charge in [-0.05, 0) is 19.1 Å². The Labute approximate surface area is 92.5 Å². The molecule has 0 saturated carbocycles. The molecule has 0 fully saturated rings. The largest absolute Gasteiger partial charge is 0.356 e. The minimum Gasteiger partial charge on any atom is -0.356 e. The highest BCUT2D eigenvalue weighted by Gasteiger charge is 2.03. The van der Waals surface area contributed by atoms with Crippen LogP contribution < -0.4 is 10.2 Å². The maximum absolute atomic E-state index is 4.35. The maximum Gasteiger partial charge on any atom is 0.128 e. The van der Waals surface area contributed by atoms with Gasteiger partial charge in [-0.1, -0.05) is 19.9 Å². The number of nitrogens with one attached hydrogen (secondary N) is 1. The van der Waals surface area contributed by atoms with Gasteiger partial charge in [0.2, 0.25) is 0 Å². The lowest BCUT2D eigenvalue weighted by Gasteiger charge is -2.22. The quantitative estimate of drug-likeness (QED) is 0.772. The van der Waals surface area contributed by atoms with Gasteiger partial charge in [-0.25, -0.2) is 4.98 Å². The number of hydrogen-bond donors (Lipinski definition) is 1. The standard InChI is InChI=1S/C12H21N3/c1-4-15(10-9-13-11(2)3)12-7-5-6-8-14-12/h5-8,11,13H,4,9-10H2,1-3H3. The molecule has 1 N–H and O–H groups in total. The summed E-state index contributed by atoms with van der Waals surface area (Å²) in [4.78, 5) is 6.62. The first kappa shape index (κ1) is 12.0. The van der Waals surface area contributed by atoms with Gasteiger partial charge in [0.25, 0.3) is 0 Å². The molecule has 15 heavy (non-hydrogen) atoms. The van der Waals surface area contributed by atoms with Gasteiger partial charge in [0.05, 0.1) is 0 Å². The normalized spacial score (nSPS) is 10.7. The summed E-state index contributed by atoms with van der Waals surface area (Å²) in [5, 5.41) is 3.41. The van der Waals surface area contributed by atoms with E-state index in [1.54, 1.807) is 0 Å². The fraction of sp³-hybridized carbons (Fsp3) is 0.583. The van der Waals surface area contributed by atoms with Gasteiger partial charge in [-0.15, -0.1) is 0 Å². The molecule has 0 aliphatic rings. The lowest BCUT2D eigenvalue weighted by atomic mass is 10.3. The van der Waals surface area contributed by atoms with Crippen molar-refractivity contribution in [3.8, 4) is 0 Å². The molecule has 0 aliphatic carbocycles. The summed E-state index contributed by atoms with van der Waals surface area (Å²) in [5.41, 5.74) is 0. The molecule has 3 nitrogen and oxygen atoms in total. The van der Waals surface area contributed by atoms with Gasteiger partial charge in [-0.2, -0.15) is 0 Å². The molecule has 84 valence electrons. The highest BCUT2D eigenvalue weighted by atomic mass is 15.2. The lowest BCUT2D eigenvalue weighted by molar-refractivity contribution is 0.582. The van der Waals surface area contributed by atoms with Crippen molar-refractivity contribution in [2.45, 2.75) is 26.8 Å². The molecule has 0 aliphatic heterocycles. The molecule has 0 amide bonds. The van der Waals surface area contributed by atoms with E-state index < -0.39 is 0 Å². The molecule has 0 saturated heterocycles. The van der Waals surface area contributed by atoms with Crippen LogP contribution in [0.4, 0.5) is 5.82 Å². The average molecular weight is 207 g/mol. The van der Waals surface area contributed by atoms with E-state index in [2.05, 4.69) is 42.0 Å². The molecule has 0 spiro atoms. The van der Waals surface area contributed by atoms with Crippen molar-refractivity contribution < 1.29 is 0 Å². The van der Waals surface area contributed by atoms with Gasteiger partial charge in [-0.3, -0.25) is 0 Å². The van der Waals surface area contributed by atoms with Crippen LogP contribution in [0.5, 0.6) is 0 Å². The van der Waals surface area contributed by atoms with Gasteiger partial charge >= 0.3 is 0 Å². The van der Waals surface area contributed by atoms with E-state index in [0.717, 1.165) is 25.5 Å². The third-order valence-corrected chi connectivity index (χ3v) is 2.29. The summed E-state index contributed by atoms with van der Waals surface area (Å²) in [6, 6.07) is 6.58. The first-order chi connectivity index (χ1) is 7.24. The highest BCUT2D eigenvalue weighted by Crippen LogP contribution is 2.07. The predicted molar refractivity (Wildman–Crippen MR) is 65.3 cm³/mol. The van der Waals surface area contributed by atoms with Crippen LogP contribution in [-0.4, -0.2) is 30.7 Å². The van der Waals surface area contributed by atoms with Crippen molar-refractivity contribution in [2.75, 3.05) is 24.5 Å². The van der Waals surface area contributed by atoms with Crippen LogP contribution in [0.2, 0.25) is 0 Å². The average Bonchev–Trinajstić information content (AvgIpc) is 2.25. The second kappa shape index (κ2) is 6.40. The summed E-state index contributed by atoms with van der Waals surface area (Å²) < 4.78 is 0. The lowest BCUT2D eigenvalue weighted by Crippen LogP contribution is -2.35. The molecule has 1 heterocycles. The van der Waals surface area contributed by atoms with E-state index in [-0.39, 0.29) is 0 Å². The van der Waals surface area contributed by atoms with Gasteiger partial charge in [0.15, 0.2) is 0 Å². The minimum atomic E-state index is 0.549. The SMILES string of the molecule is CCN(CCNC(C)C)c1ccccn1. The molecule has 0 radical (unpaired) electrons. The van der Waals surface area contributed by atoms with Gasteiger partial charge in [0.1, 0.15) is 5.82 Å². The summed E-state index contributed by atoms with van der Waals surface area (Å²) in [7, 11) is 0. The Bertz CT molecular complexity index is 259. The molecular weight excluding hydrogens is 186 g/mol. The summed E-state index contributed by atoms with van der Waals surface area (Å²) in [5.74, 6) is 1.06. The number of nitrogens with zero attached hydrogens (tertiary/aromatic N) is 2. The Balaban J connectivity index is 2.43. The molecule has 0 bridgehead atoms. The fourth-order valence-electron chi connectivity index (χ4n) is 1.46. The van der Waals surface area contributed by atoms with E-state index >= 15 is 0 Å². The van der Waals surface area contributed by atoms with Crippen LogP contribution in [0.15, 0.2) is 24.4 Å². The third-order valence-electron chi connectivity index (χ3n) is 2.29. The Morgan fingerprint density at radius 1 is 1.40 bits per heavy atom. The summed E-state index contributed by atoms with van der Waals surface area (Å²) in [6.45, 7) is 9.49. The Morgan fingerprint density at radius 2 is 2.20 bits per heavy atom. The van der Waals surface area contributed by atoms with Crippen LogP contribution in [0.25, 0.3) is 0 Å². The van der Waals surface area contributed by atoms with Crippen LogP contribution >= 0.6 is 0 Å². The Morgan fingerprint density at radius 3 is 2.73 bits per heavy atom. The molecule has 1 rings (SSSR count). The smallest absolute Gasteiger partial charge is 0.128 e. The van der Waals surface area contributed by atoms with Crippen molar-refractivity contribution in [1.29, 1.82) is 0 Å². The van der Waals surface area contributed by atoms with Crippen molar-refractivity contribution in [2.24, 2.45) is 0 Å². The molecule has 0 aromatic carbocycles. The number of anilines is 1. The van der Waals surface area contributed by atoms with Crippen molar-refractivity contribution in [3.63, 3.8) is 0 Å². The number of pyridine rings is 1. The van der Waals surface area contributed by atoms with Crippen LogP contribution in [0.1, 0.15) is 20.8 Å². The Hall–Kier alpha value is -1.09. The second-order valence-electron chi connectivity index (χ2n) is 3.88. The molecule has 0 unspecified atom stereocenters. The van der Waals surface area contributed by atoms with Crippen molar-refractivity contribution >= 4 is 5.82 Å². The first-order valence-corrected chi connectivity index (χ1v) is 5.63. The number of aromatic nitrogens is 1. The monoisotopic (exact) mass is 207 g/mol. The molecule has 3 heteroatoms. The second-order valence-corrected chi connectivity index (χ2v) is 3.88. The molecule has 1 aromatic heterocycles. The zero-order valence-corrected chi connectivity index (χ0v) is 9.90. The number of rotatable bonds is 6.